The van der Waals surface area contributed by atoms with Crippen LogP contribution < -0.4 is 0 Å². The van der Waals surface area contributed by atoms with Gasteiger partial charge in [0.25, 0.3) is 0 Å². The Morgan fingerprint density at radius 1 is 0.276 bits per heavy atom. The van der Waals surface area contributed by atoms with Crippen LogP contribution in [-0.2, 0) is 28.6 Å². The monoisotopic (exact) mass is 1050 g/mol. The molecule has 0 bridgehead atoms. The summed E-state index contributed by atoms with van der Waals surface area (Å²) in [5.74, 6) is -0.912. The normalized spacial score (nSPS) is 12.8. The number of rotatable bonds is 57. The highest BCUT2D eigenvalue weighted by atomic mass is 16.6. The highest BCUT2D eigenvalue weighted by Gasteiger charge is 2.19. The Bertz CT molecular complexity index is 1540. The summed E-state index contributed by atoms with van der Waals surface area (Å²) in [4.78, 5) is 38.3. The molecule has 0 aromatic rings. The predicted molar refractivity (Wildman–Crippen MR) is 330 cm³/mol. The van der Waals surface area contributed by atoms with E-state index in [4.69, 9.17) is 14.2 Å². The number of hydrogen-bond donors (Lipinski definition) is 0. The summed E-state index contributed by atoms with van der Waals surface area (Å²) < 4.78 is 16.9. The molecule has 0 fully saturated rings. The van der Waals surface area contributed by atoms with E-state index in [0.717, 1.165) is 128 Å². The summed E-state index contributed by atoms with van der Waals surface area (Å²) in [7, 11) is 0. The smallest absolute Gasteiger partial charge is 0.306 e. The maximum absolute atomic E-state index is 12.9. The minimum Gasteiger partial charge on any atom is -0.462 e. The van der Waals surface area contributed by atoms with Gasteiger partial charge in [-0.15, -0.1) is 0 Å². The zero-order valence-corrected chi connectivity index (χ0v) is 49.7. The van der Waals surface area contributed by atoms with Crippen molar-refractivity contribution in [2.45, 2.75) is 303 Å². The van der Waals surface area contributed by atoms with Crippen LogP contribution in [0.15, 0.2) is 109 Å². The van der Waals surface area contributed by atoms with Crippen molar-refractivity contribution in [1.82, 2.24) is 0 Å². The van der Waals surface area contributed by atoms with Crippen molar-refractivity contribution >= 4 is 17.9 Å². The minimum atomic E-state index is -0.794. The van der Waals surface area contributed by atoms with Crippen LogP contribution >= 0.6 is 0 Å². The van der Waals surface area contributed by atoms with Gasteiger partial charge in [0, 0.05) is 19.3 Å². The molecule has 0 aromatic heterocycles. The molecule has 0 aliphatic heterocycles. The Morgan fingerprint density at radius 3 is 0.842 bits per heavy atom. The van der Waals surface area contributed by atoms with Crippen molar-refractivity contribution in [3.8, 4) is 0 Å². The van der Waals surface area contributed by atoms with Gasteiger partial charge >= 0.3 is 17.9 Å². The van der Waals surface area contributed by atoms with Crippen molar-refractivity contribution in [1.29, 1.82) is 0 Å². The standard InChI is InChI=1S/C70H118O6/c1-4-7-10-13-16-19-22-25-27-29-31-33-34-35-36-38-39-41-43-45-48-51-54-57-60-63-69(72)75-66-67(65-74-68(71)62-59-56-53-50-47-24-21-18-15-12-9-6-3)76-70(73)64-61-58-55-52-49-46-44-42-40-37-32-30-28-26-23-20-17-14-11-8-5-2/h7,10,16,18-19,21,23,25-27,30-33,35-36,40,42,67H,4-6,8-9,11-15,17,20,22,24,28-29,34,37-39,41,43-66H2,1-3H3/b10-7-,19-16-,21-18-,26-23-,27-25-,32-30-,33-31-,36-35-,42-40-. The van der Waals surface area contributed by atoms with Crippen LogP contribution in [0, 0.1) is 0 Å². The number of carbonyl (C=O) groups excluding carboxylic acids is 3. The van der Waals surface area contributed by atoms with Crippen molar-refractivity contribution < 1.29 is 28.6 Å². The molecular weight excluding hydrogens is 937 g/mol. The van der Waals surface area contributed by atoms with E-state index in [1.54, 1.807) is 0 Å². The highest BCUT2D eigenvalue weighted by molar-refractivity contribution is 5.71. The summed E-state index contributed by atoms with van der Waals surface area (Å²) in [6, 6.07) is 0. The van der Waals surface area contributed by atoms with Gasteiger partial charge in [0.1, 0.15) is 13.2 Å². The Balaban J connectivity index is 4.36. The molecular formula is C70H118O6. The van der Waals surface area contributed by atoms with Gasteiger partial charge in [0.05, 0.1) is 0 Å². The van der Waals surface area contributed by atoms with Crippen LogP contribution in [0.2, 0.25) is 0 Å². The predicted octanol–water partition coefficient (Wildman–Crippen LogP) is 21.8. The highest BCUT2D eigenvalue weighted by Crippen LogP contribution is 2.15. The second-order valence-corrected chi connectivity index (χ2v) is 20.9. The molecule has 0 aromatic carbocycles. The third-order valence-corrected chi connectivity index (χ3v) is 13.5. The van der Waals surface area contributed by atoms with Gasteiger partial charge in [-0.2, -0.15) is 0 Å². The van der Waals surface area contributed by atoms with Crippen molar-refractivity contribution in [3.63, 3.8) is 0 Å². The molecule has 1 atom stereocenters. The van der Waals surface area contributed by atoms with Gasteiger partial charge in [-0.1, -0.05) is 259 Å². The van der Waals surface area contributed by atoms with Crippen LogP contribution in [0.1, 0.15) is 297 Å². The lowest BCUT2D eigenvalue weighted by atomic mass is 10.1. The van der Waals surface area contributed by atoms with Crippen LogP contribution in [0.5, 0.6) is 0 Å². The first-order valence-electron chi connectivity index (χ1n) is 31.9. The van der Waals surface area contributed by atoms with Crippen molar-refractivity contribution in [2.75, 3.05) is 13.2 Å². The molecule has 0 heterocycles. The van der Waals surface area contributed by atoms with Gasteiger partial charge in [-0.25, -0.2) is 0 Å². The average molecular weight is 1060 g/mol. The van der Waals surface area contributed by atoms with Crippen molar-refractivity contribution in [2.24, 2.45) is 0 Å². The first kappa shape index (κ1) is 72.1. The molecule has 6 nitrogen and oxygen atoms in total. The van der Waals surface area contributed by atoms with Crippen LogP contribution in [0.4, 0.5) is 0 Å². The Labute approximate surface area is 470 Å². The first-order chi connectivity index (χ1) is 37.5. The maximum Gasteiger partial charge on any atom is 0.306 e. The molecule has 0 rings (SSSR count). The van der Waals surface area contributed by atoms with E-state index in [0.29, 0.717) is 19.3 Å². The average Bonchev–Trinajstić information content (AvgIpc) is 3.42. The molecule has 0 amide bonds. The van der Waals surface area contributed by atoms with Crippen LogP contribution in [0.25, 0.3) is 0 Å². The van der Waals surface area contributed by atoms with E-state index >= 15 is 0 Å². The number of esters is 3. The van der Waals surface area contributed by atoms with E-state index in [1.165, 1.54) is 128 Å². The molecule has 0 saturated heterocycles. The fourth-order valence-electron chi connectivity index (χ4n) is 8.71. The van der Waals surface area contributed by atoms with Gasteiger partial charge < -0.3 is 14.2 Å². The second-order valence-electron chi connectivity index (χ2n) is 20.9. The molecule has 434 valence electrons. The first-order valence-corrected chi connectivity index (χ1v) is 31.9. The Morgan fingerprint density at radius 2 is 0.513 bits per heavy atom. The second kappa shape index (κ2) is 63.6. The summed E-state index contributed by atoms with van der Waals surface area (Å²) in [5.41, 5.74) is 0. The number of carbonyl (C=O) groups is 3. The van der Waals surface area contributed by atoms with E-state index in [2.05, 4.69) is 130 Å². The molecule has 0 aliphatic rings. The quantitative estimate of drug-likeness (QED) is 0.0261. The number of allylic oxidation sites excluding steroid dienone is 18. The third kappa shape index (κ3) is 60.9. The molecule has 0 radical (unpaired) electrons. The molecule has 0 aliphatic carbocycles. The van der Waals surface area contributed by atoms with Crippen LogP contribution in [-0.4, -0.2) is 37.2 Å². The summed E-state index contributed by atoms with van der Waals surface area (Å²) >= 11 is 0. The summed E-state index contributed by atoms with van der Waals surface area (Å²) in [6.07, 6.45) is 86.6. The summed E-state index contributed by atoms with van der Waals surface area (Å²) in [6.45, 7) is 6.48. The van der Waals surface area contributed by atoms with Crippen LogP contribution in [0.3, 0.4) is 0 Å². The van der Waals surface area contributed by atoms with Gasteiger partial charge in [-0.05, 0) is 128 Å². The van der Waals surface area contributed by atoms with E-state index in [1.807, 2.05) is 0 Å². The third-order valence-electron chi connectivity index (χ3n) is 13.5. The minimum absolute atomic E-state index is 0.0899. The number of ether oxygens (including phenoxy) is 3. The molecule has 1 unspecified atom stereocenters. The Kier molecular flexibility index (Phi) is 60.3. The van der Waals surface area contributed by atoms with Gasteiger partial charge in [0.15, 0.2) is 6.10 Å². The topological polar surface area (TPSA) is 78.9 Å². The Hall–Kier alpha value is -3.93. The zero-order chi connectivity index (χ0) is 55.0. The number of hydrogen-bond acceptors (Lipinski definition) is 6. The van der Waals surface area contributed by atoms with Gasteiger partial charge in [-0.3, -0.25) is 14.4 Å². The fraction of sp³-hybridized carbons (Fsp3) is 0.700. The fourth-order valence-corrected chi connectivity index (χ4v) is 8.71. The number of unbranched alkanes of at least 4 members (excludes halogenated alkanes) is 28. The van der Waals surface area contributed by atoms with Gasteiger partial charge in [0.2, 0.25) is 0 Å². The lowest BCUT2D eigenvalue weighted by molar-refractivity contribution is -0.167. The van der Waals surface area contributed by atoms with Crippen molar-refractivity contribution in [3.05, 3.63) is 109 Å². The van der Waals surface area contributed by atoms with E-state index in [-0.39, 0.29) is 31.1 Å². The molecule has 0 spiro atoms. The molecule has 0 N–H and O–H groups in total. The van der Waals surface area contributed by atoms with E-state index < -0.39 is 6.10 Å². The summed E-state index contributed by atoms with van der Waals surface area (Å²) in [5, 5.41) is 0. The largest absolute Gasteiger partial charge is 0.462 e. The SMILES string of the molecule is CC/C=C\C/C=C\C/C=C\C/C=C\C/C=C\CCCCCCCCCCCC(=O)OCC(COC(=O)CCCCCCC/C=C\CCCCC)OC(=O)CCCCCCCC/C=C\C/C=C\C/C=C\CCCCCCC. The maximum atomic E-state index is 12.9. The van der Waals surface area contributed by atoms with E-state index in [9.17, 15) is 14.4 Å². The lowest BCUT2D eigenvalue weighted by Gasteiger charge is -2.18. The molecule has 76 heavy (non-hydrogen) atoms. The lowest BCUT2D eigenvalue weighted by Crippen LogP contribution is -2.30. The molecule has 6 heteroatoms. The zero-order valence-electron chi connectivity index (χ0n) is 49.7. The molecule has 0 saturated carbocycles.